The van der Waals surface area contributed by atoms with E-state index in [1.54, 1.807) is 0 Å². The molecule has 84 valence electrons. The van der Waals surface area contributed by atoms with Crippen LogP contribution in [0.4, 0.5) is 14.5 Å². The van der Waals surface area contributed by atoms with Crippen LogP contribution in [0.25, 0.3) is 0 Å². The van der Waals surface area contributed by atoms with Crippen LogP contribution >= 0.6 is 11.3 Å². The van der Waals surface area contributed by atoms with Gasteiger partial charge in [-0.2, -0.15) is 0 Å². The molecule has 0 saturated heterocycles. The Kier molecular flexibility index (Phi) is 3.05. The lowest BCUT2D eigenvalue weighted by Crippen LogP contribution is -1.99. The standard InChI is InChI=1S/C11H9F2NOS/c12-8-5-11(9(13)4-10(8)14)15-6-7-2-1-3-16-7/h1-5H,6,14H2. The van der Waals surface area contributed by atoms with E-state index in [1.165, 1.54) is 11.3 Å². The summed E-state index contributed by atoms with van der Waals surface area (Å²) >= 11 is 1.49. The van der Waals surface area contributed by atoms with E-state index >= 15 is 0 Å². The first-order chi connectivity index (χ1) is 7.66. The Bertz CT molecular complexity index is 485. The maximum Gasteiger partial charge on any atom is 0.167 e. The molecule has 0 aliphatic rings. The van der Waals surface area contributed by atoms with Crippen LogP contribution in [0.1, 0.15) is 4.88 Å². The van der Waals surface area contributed by atoms with Gasteiger partial charge in [0.1, 0.15) is 12.4 Å². The van der Waals surface area contributed by atoms with E-state index in [2.05, 4.69) is 0 Å². The summed E-state index contributed by atoms with van der Waals surface area (Å²) < 4.78 is 31.5. The Hall–Kier alpha value is -1.62. The van der Waals surface area contributed by atoms with Crippen molar-refractivity contribution < 1.29 is 13.5 Å². The van der Waals surface area contributed by atoms with E-state index in [9.17, 15) is 8.78 Å². The van der Waals surface area contributed by atoms with Gasteiger partial charge in [-0.1, -0.05) is 6.07 Å². The fraction of sp³-hybridized carbons (Fsp3) is 0.0909. The van der Waals surface area contributed by atoms with Crippen LogP contribution in [0.3, 0.4) is 0 Å². The number of hydrogen-bond donors (Lipinski definition) is 1. The summed E-state index contributed by atoms with van der Waals surface area (Å²) in [4.78, 5) is 0.941. The van der Waals surface area contributed by atoms with E-state index in [4.69, 9.17) is 10.5 Å². The molecule has 2 aromatic rings. The van der Waals surface area contributed by atoms with Gasteiger partial charge in [-0.05, 0) is 11.4 Å². The molecule has 5 heteroatoms. The molecule has 0 aliphatic heterocycles. The molecule has 1 aromatic carbocycles. The Morgan fingerprint density at radius 3 is 2.75 bits per heavy atom. The Balaban J connectivity index is 2.12. The highest BCUT2D eigenvalue weighted by molar-refractivity contribution is 7.09. The van der Waals surface area contributed by atoms with Gasteiger partial charge in [0.2, 0.25) is 0 Å². The molecular formula is C11H9F2NOS. The molecule has 0 bridgehead atoms. The largest absolute Gasteiger partial charge is 0.485 e. The normalized spacial score (nSPS) is 10.4. The van der Waals surface area contributed by atoms with Crippen LogP contribution < -0.4 is 10.5 Å². The number of nitrogens with two attached hydrogens (primary N) is 1. The lowest BCUT2D eigenvalue weighted by molar-refractivity contribution is 0.292. The maximum absolute atomic E-state index is 13.3. The third kappa shape index (κ3) is 2.30. The molecule has 0 saturated carbocycles. The van der Waals surface area contributed by atoms with Crippen LogP contribution in [0.2, 0.25) is 0 Å². The fourth-order valence-corrected chi connectivity index (χ4v) is 1.81. The van der Waals surface area contributed by atoms with Gasteiger partial charge in [-0.3, -0.25) is 0 Å². The van der Waals surface area contributed by atoms with Gasteiger partial charge in [-0.25, -0.2) is 8.78 Å². The zero-order valence-electron chi connectivity index (χ0n) is 8.24. The van der Waals surface area contributed by atoms with Gasteiger partial charge in [0.25, 0.3) is 0 Å². The number of hydrogen-bond acceptors (Lipinski definition) is 3. The van der Waals surface area contributed by atoms with E-state index in [1.807, 2.05) is 17.5 Å². The summed E-state index contributed by atoms with van der Waals surface area (Å²) in [6.45, 7) is 0.220. The van der Waals surface area contributed by atoms with Crippen molar-refractivity contribution in [1.82, 2.24) is 0 Å². The second-order valence-corrected chi connectivity index (χ2v) is 4.20. The number of benzene rings is 1. The van der Waals surface area contributed by atoms with Gasteiger partial charge >= 0.3 is 0 Å². The molecule has 0 radical (unpaired) electrons. The molecular weight excluding hydrogens is 232 g/mol. The number of thiophene rings is 1. The van der Waals surface area contributed by atoms with Crippen molar-refractivity contribution in [3.63, 3.8) is 0 Å². The lowest BCUT2D eigenvalue weighted by atomic mass is 10.3. The summed E-state index contributed by atoms with van der Waals surface area (Å²) in [7, 11) is 0. The summed E-state index contributed by atoms with van der Waals surface area (Å²) in [6.07, 6.45) is 0. The first-order valence-electron chi connectivity index (χ1n) is 4.56. The minimum absolute atomic E-state index is 0.125. The predicted molar refractivity (Wildman–Crippen MR) is 59.4 cm³/mol. The zero-order chi connectivity index (χ0) is 11.5. The number of anilines is 1. The predicted octanol–water partition coefficient (Wildman–Crippen LogP) is 3.19. The summed E-state index contributed by atoms with van der Waals surface area (Å²) in [5.74, 6) is -1.46. The van der Waals surface area contributed by atoms with Crippen molar-refractivity contribution in [3.05, 3.63) is 46.2 Å². The highest BCUT2D eigenvalue weighted by Crippen LogP contribution is 2.24. The van der Waals surface area contributed by atoms with Crippen LogP contribution in [0.15, 0.2) is 29.6 Å². The maximum atomic E-state index is 13.3. The minimum atomic E-state index is -0.678. The lowest BCUT2D eigenvalue weighted by Gasteiger charge is -2.07. The molecule has 16 heavy (non-hydrogen) atoms. The molecule has 0 amide bonds. The summed E-state index contributed by atoms with van der Waals surface area (Å²) in [5.41, 5.74) is 4.99. The Morgan fingerprint density at radius 2 is 2.06 bits per heavy atom. The number of halogens is 2. The molecule has 0 unspecified atom stereocenters. The number of nitrogen functional groups attached to an aromatic ring is 1. The van der Waals surface area contributed by atoms with E-state index in [0.717, 1.165) is 17.0 Å². The Morgan fingerprint density at radius 1 is 1.25 bits per heavy atom. The first kappa shape index (κ1) is 10.9. The van der Waals surface area contributed by atoms with Gasteiger partial charge in [0, 0.05) is 17.0 Å². The van der Waals surface area contributed by atoms with Gasteiger partial charge in [0.15, 0.2) is 11.6 Å². The number of rotatable bonds is 3. The second kappa shape index (κ2) is 4.49. The number of ether oxygens (including phenoxy) is 1. The molecule has 0 atom stereocenters. The van der Waals surface area contributed by atoms with E-state index in [-0.39, 0.29) is 18.0 Å². The first-order valence-corrected chi connectivity index (χ1v) is 5.44. The van der Waals surface area contributed by atoms with Gasteiger partial charge in [0.05, 0.1) is 5.69 Å². The molecule has 1 heterocycles. The quantitative estimate of drug-likeness (QED) is 0.837. The van der Waals surface area contributed by atoms with E-state index in [0.29, 0.717) is 0 Å². The van der Waals surface area contributed by atoms with Crippen LogP contribution in [0.5, 0.6) is 5.75 Å². The smallest absolute Gasteiger partial charge is 0.167 e. The monoisotopic (exact) mass is 241 g/mol. The van der Waals surface area contributed by atoms with Crippen LogP contribution in [-0.2, 0) is 6.61 Å². The third-order valence-electron chi connectivity index (χ3n) is 2.00. The molecule has 2 nitrogen and oxygen atoms in total. The highest BCUT2D eigenvalue weighted by atomic mass is 32.1. The summed E-state index contributed by atoms with van der Waals surface area (Å²) in [5, 5.41) is 1.89. The zero-order valence-corrected chi connectivity index (χ0v) is 9.06. The molecule has 0 spiro atoms. The average molecular weight is 241 g/mol. The highest BCUT2D eigenvalue weighted by Gasteiger charge is 2.09. The minimum Gasteiger partial charge on any atom is -0.485 e. The SMILES string of the molecule is Nc1cc(F)c(OCc2cccs2)cc1F. The van der Waals surface area contributed by atoms with Crippen molar-refractivity contribution >= 4 is 17.0 Å². The van der Waals surface area contributed by atoms with Gasteiger partial charge in [-0.15, -0.1) is 11.3 Å². The van der Waals surface area contributed by atoms with Crippen molar-refractivity contribution in [2.75, 3.05) is 5.73 Å². The molecule has 0 fully saturated rings. The molecule has 2 rings (SSSR count). The van der Waals surface area contributed by atoms with Crippen molar-refractivity contribution in [2.24, 2.45) is 0 Å². The van der Waals surface area contributed by atoms with E-state index < -0.39 is 11.6 Å². The second-order valence-electron chi connectivity index (χ2n) is 3.17. The van der Waals surface area contributed by atoms with Crippen LogP contribution in [-0.4, -0.2) is 0 Å². The fourth-order valence-electron chi connectivity index (χ4n) is 1.20. The van der Waals surface area contributed by atoms with Crippen molar-refractivity contribution in [2.45, 2.75) is 6.61 Å². The average Bonchev–Trinajstić information content (AvgIpc) is 2.74. The van der Waals surface area contributed by atoms with Crippen molar-refractivity contribution in [1.29, 1.82) is 0 Å². The third-order valence-corrected chi connectivity index (χ3v) is 2.85. The topological polar surface area (TPSA) is 35.2 Å². The molecule has 1 aromatic heterocycles. The van der Waals surface area contributed by atoms with Crippen LogP contribution in [0, 0.1) is 11.6 Å². The summed E-state index contributed by atoms with van der Waals surface area (Å²) in [6, 6.07) is 5.59. The molecule has 2 N–H and O–H groups in total. The van der Waals surface area contributed by atoms with Crippen molar-refractivity contribution in [3.8, 4) is 5.75 Å². The molecule has 0 aliphatic carbocycles. The van der Waals surface area contributed by atoms with Gasteiger partial charge < -0.3 is 10.5 Å². The Labute approximate surface area is 95.3 Å².